The maximum Gasteiger partial charge on any atom is 0.225 e. The normalized spacial score (nSPS) is 25.8. The molecule has 1 atom stereocenters. The second-order valence-corrected chi connectivity index (χ2v) is 9.21. The third kappa shape index (κ3) is 3.72. The molecule has 2 fully saturated rings. The Balaban J connectivity index is 1.55. The van der Waals surface area contributed by atoms with Crippen molar-refractivity contribution in [1.82, 2.24) is 15.3 Å². The zero-order valence-corrected chi connectivity index (χ0v) is 16.3. The molecule has 1 aromatic rings. The quantitative estimate of drug-likeness (QED) is 0.895. The maximum absolute atomic E-state index is 12.8. The number of rotatable bonds is 3. The molecule has 0 bridgehead atoms. The molecule has 142 valence electrons. The number of nitrogens with one attached hydrogen (secondary N) is 1. The van der Waals surface area contributed by atoms with Gasteiger partial charge in [0.15, 0.2) is 0 Å². The second kappa shape index (κ2) is 7.16. The molecule has 5 heteroatoms. The molecule has 1 aromatic heterocycles. The first kappa shape index (κ1) is 17.7. The molecule has 0 spiro atoms. The number of anilines is 1. The third-order valence-electron chi connectivity index (χ3n) is 6.35. The Morgan fingerprint density at radius 3 is 2.62 bits per heavy atom. The van der Waals surface area contributed by atoms with E-state index in [4.69, 9.17) is 4.98 Å². The number of fused-ring (bicyclic) bond motifs is 1. The zero-order valence-electron chi connectivity index (χ0n) is 16.3. The van der Waals surface area contributed by atoms with E-state index in [1.54, 1.807) is 0 Å². The minimum atomic E-state index is 0.0517. The van der Waals surface area contributed by atoms with E-state index < -0.39 is 0 Å². The summed E-state index contributed by atoms with van der Waals surface area (Å²) in [6.45, 7) is 6.69. The molecule has 0 unspecified atom stereocenters. The lowest BCUT2D eigenvalue weighted by molar-refractivity contribution is -0.127. The summed E-state index contributed by atoms with van der Waals surface area (Å²) in [5.41, 5.74) is 2.41. The molecule has 3 aliphatic rings. The van der Waals surface area contributed by atoms with Gasteiger partial charge >= 0.3 is 0 Å². The van der Waals surface area contributed by atoms with Gasteiger partial charge in [-0.05, 0) is 43.9 Å². The van der Waals surface area contributed by atoms with Crippen LogP contribution in [0.4, 0.5) is 5.95 Å². The largest absolute Gasteiger partial charge is 0.349 e. The first-order valence-corrected chi connectivity index (χ1v) is 10.4. The van der Waals surface area contributed by atoms with Crippen LogP contribution in [0.2, 0.25) is 0 Å². The SMILES string of the molecule is CC1(C)Cc2nc(N3CCCC3)ncc2[C@@H](NC(=O)C2CCCCC2)C1. The van der Waals surface area contributed by atoms with E-state index in [1.165, 1.54) is 32.1 Å². The maximum atomic E-state index is 12.8. The van der Waals surface area contributed by atoms with Gasteiger partial charge in [-0.25, -0.2) is 9.97 Å². The molecule has 1 aliphatic heterocycles. The van der Waals surface area contributed by atoms with E-state index in [0.29, 0.717) is 0 Å². The van der Waals surface area contributed by atoms with Gasteiger partial charge in [0.1, 0.15) is 0 Å². The van der Waals surface area contributed by atoms with Crippen molar-refractivity contribution in [3.63, 3.8) is 0 Å². The molecule has 2 heterocycles. The number of carbonyl (C=O) groups excluding carboxylic acids is 1. The molecule has 1 N–H and O–H groups in total. The number of carbonyl (C=O) groups is 1. The average Bonchev–Trinajstić information content (AvgIpc) is 3.15. The lowest BCUT2D eigenvalue weighted by Crippen LogP contribution is -2.40. The molecular formula is C21H32N4O. The molecule has 1 saturated heterocycles. The molecular weight excluding hydrogens is 324 g/mol. The van der Waals surface area contributed by atoms with Crippen molar-refractivity contribution in [3.8, 4) is 0 Å². The topological polar surface area (TPSA) is 58.1 Å². The Morgan fingerprint density at radius 2 is 1.88 bits per heavy atom. The Hall–Kier alpha value is -1.65. The number of hydrogen-bond donors (Lipinski definition) is 1. The van der Waals surface area contributed by atoms with Crippen LogP contribution >= 0.6 is 0 Å². The van der Waals surface area contributed by atoms with Crippen LogP contribution in [0.1, 0.15) is 82.5 Å². The highest BCUT2D eigenvalue weighted by molar-refractivity contribution is 5.79. The van der Waals surface area contributed by atoms with E-state index in [2.05, 4.69) is 29.0 Å². The van der Waals surface area contributed by atoms with Gasteiger partial charge in [0.2, 0.25) is 11.9 Å². The van der Waals surface area contributed by atoms with Crippen LogP contribution in [0.25, 0.3) is 0 Å². The summed E-state index contributed by atoms with van der Waals surface area (Å²) >= 11 is 0. The summed E-state index contributed by atoms with van der Waals surface area (Å²) < 4.78 is 0. The van der Waals surface area contributed by atoms with Crippen molar-refractivity contribution < 1.29 is 4.79 Å². The molecule has 26 heavy (non-hydrogen) atoms. The van der Waals surface area contributed by atoms with Crippen molar-refractivity contribution in [1.29, 1.82) is 0 Å². The fraction of sp³-hybridized carbons (Fsp3) is 0.762. The summed E-state index contributed by atoms with van der Waals surface area (Å²) in [7, 11) is 0. The van der Waals surface area contributed by atoms with Gasteiger partial charge in [0.25, 0.3) is 0 Å². The van der Waals surface area contributed by atoms with Gasteiger partial charge < -0.3 is 10.2 Å². The van der Waals surface area contributed by atoms with Gasteiger partial charge in [0, 0.05) is 30.8 Å². The van der Waals surface area contributed by atoms with Crippen LogP contribution in [0.5, 0.6) is 0 Å². The van der Waals surface area contributed by atoms with Crippen molar-refractivity contribution in [3.05, 3.63) is 17.5 Å². The zero-order chi connectivity index (χ0) is 18.1. The van der Waals surface area contributed by atoms with Crippen LogP contribution in [0.3, 0.4) is 0 Å². The highest BCUT2D eigenvalue weighted by Gasteiger charge is 2.36. The van der Waals surface area contributed by atoms with Crippen molar-refractivity contribution in [2.45, 2.75) is 77.7 Å². The highest BCUT2D eigenvalue weighted by atomic mass is 16.1. The minimum absolute atomic E-state index is 0.0517. The van der Waals surface area contributed by atoms with E-state index in [0.717, 1.165) is 56.0 Å². The molecule has 0 radical (unpaired) electrons. The standard InChI is InChI=1S/C21H32N4O/c1-21(2)12-17(23-19(26)15-8-4-3-5-9-15)16-14-22-20(24-18(16)13-21)25-10-6-7-11-25/h14-15,17H,3-13H2,1-2H3,(H,23,26)/t17-/m0/s1. The summed E-state index contributed by atoms with van der Waals surface area (Å²) in [4.78, 5) is 24.7. The van der Waals surface area contributed by atoms with Crippen LogP contribution in [-0.2, 0) is 11.2 Å². The predicted octanol–water partition coefficient (Wildman–Crippen LogP) is 3.79. The van der Waals surface area contributed by atoms with E-state index in [-0.39, 0.29) is 23.3 Å². The monoisotopic (exact) mass is 356 g/mol. The highest BCUT2D eigenvalue weighted by Crippen LogP contribution is 2.40. The van der Waals surface area contributed by atoms with Gasteiger partial charge in [0.05, 0.1) is 11.7 Å². The molecule has 0 aromatic carbocycles. The van der Waals surface area contributed by atoms with Gasteiger partial charge in [-0.2, -0.15) is 0 Å². The van der Waals surface area contributed by atoms with Crippen LogP contribution in [0.15, 0.2) is 6.20 Å². The van der Waals surface area contributed by atoms with Gasteiger partial charge in [-0.1, -0.05) is 33.1 Å². The smallest absolute Gasteiger partial charge is 0.225 e. The number of hydrogen-bond acceptors (Lipinski definition) is 4. The minimum Gasteiger partial charge on any atom is -0.349 e. The second-order valence-electron chi connectivity index (χ2n) is 9.21. The molecule has 5 nitrogen and oxygen atoms in total. The molecule has 1 amide bonds. The summed E-state index contributed by atoms with van der Waals surface area (Å²) in [5, 5.41) is 3.36. The summed E-state index contributed by atoms with van der Waals surface area (Å²) in [6.07, 6.45) is 12.1. The summed E-state index contributed by atoms with van der Waals surface area (Å²) in [6, 6.07) is 0.0517. The molecule has 4 rings (SSSR count). The van der Waals surface area contributed by atoms with Crippen molar-refractivity contribution >= 4 is 11.9 Å². The Kier molecular flexibility index (Phi) is 4.89. The van der Waals surface area contributed by atoms with Crippen molar-refractivity contribution in [2.75, 3.05) is 18.0 Å². The lowest BCUT2D eigenvalue weighted by atomic mass is 9.74. The van der Waals surface area contributed by atoms with Gasteiger partial charge in [-0.3, -0.25) is 4.79 Å². The predicted molar refractivity (Wildman–Crippen MR) is 103 cm³/mol. The first-order valence-electron chi connectivity index (χ1n) is 10.4. The fourth-order valence-electron chi connectivity index (χ4n) is 4.89. The number of nitrogens with zero attached hydrogens (tertiary/aromatic N) is 3. The van der Waals surface area contributed by atoms with Gasteiger partial charge in [-0.15, -0.1) is 0 Å². The van der Waals surface area contributed by atoms with E-state index in [1.807, 2.05) is 6.20 Å². The van der Waals surface area contributed by atoms with E-state index >= 15 is 0 Å². The Bertz CT molecular complexity index is 660. The lowest BCUT2D eigenvalue weighted by Gasteiger charge is -2.37. The van der Waals surface area contributed by atoms with Crippen LogP contribution < -0.4 is 10.2 Å². The Labute approximate surface area is 157 Å². The van der Waals surface area contributed by atoms with E-state index in [9.17, 15) is 4.79 Å². The summed E-state index contributed by atoms with van der Waals surface area (Å²) in [5.74, 6) is 1.31. The Morgan fingerprint density at radius 1 is 1.15 bits per heavy atom. The first-order chi connectivity index (χ1) is 12.5. The average molecular weight is 357 g/mol. The van der Waals surface area contributed by atoms with Crippen molar-refractivity contribution in [2.24, 2.45) is 11.3 Å². The molecule has 2 aliphatic carbocycles. The third-order valence-corrected chi connectivity index (χ3v) is 6.35. The molecule has 1 saturated carbocycles. The number of aromatic nitrogens is 2. The number of amides is 1. The fourth-order valence-corrected chi connectivity index (χ4v) is 4.89. The van der Waals surface area contributed by atoms with Crippen LogP contribution in [0, 0.1) is 11.3 Å². The van der Waals surface area contributed by atoms with Crippen LogP contribution in [-0.4, -0.2) is 29.0 Å².